The third-order valence-electron chi connectivity index (χ3n) is 3.25. The van der Waals surface area contributed by atoms with E-state index in [-0.39, 0.29) is 11.9 Å². The van der Waals surface area contributed by atoms with Crippen LogP contribution in [0.1, 0.15) is 37.0 Å². The number of carbonyl (C=O) groups is 1. The van der Waals surface area contributed by atoms with E-state index in [0.717, 1.165) is 0 Å². The van der Waals surface area contributed by atoms with Gasteiger partial charge in [-0.2, -0.15) is 0 Å². The van der Waals surface area contributed by atoms with E-state index in [2.05, 4.69) is 19.2 Å². The van der Waals surface area contributed by atoms with E-state index in [1.165, 1.54) is 17.7 Å². The van der Waals surface area contributed by atoms with E-state index in [1.807, 2.05) is 24.3 Å². The van der Waals surface area contributed by atoms with Crippen molar-refractivity contribution in [2.45, 2.75) is 42.9 Å². The van der Waals surface area contributed by atoms with Gasteiger partial charge in [-0.15, -0.1) is 11.8 Å². The molecule has 1 amide bonds. The summed E-state index contributed by atoms with van der Waals surface area (Å²) in [6.07, 6.45) is 2.37. The maximum atomic E-state index is 12.1. The van der Waals surface area contributed by atoms with E-state index in [0.29, 0.717) is 23.3 Å². The molecule has 1 atom stereocenters. The summed E-state index contributed by atoms with van der Waals surface area (Å²) in [4.78, 5) is 13.3. The Hall–Kier alpha value is -1.00. The highest BCUT2D eigenvalue weighted by Crippen LogP contribution is 2.32. The Morgan fingerprint density at radius 2 is 2.00 bits per heavy atom. The van der Waals surface area contributed by atoms with Crippen molar-refractivity contribution in [1.29, 1.82) is 0 Å². The second kappa shape index (κ2) is 6.44. The van der Waals surface area contributed by atoms with Crippen molar-refractivity contribution in [3.63, 3.8) is 0 Å². The van der Waals surface area contributed by atoms with Crippen LogP contribution in [-0.4, -0.2) is 23.7 Å². The van der Waals surface area contributed by atoms with Crippen molar-refractivity contribution in [3.05, 3.63) is 29.8 Å². The number of benzene rings is 1. The first kappa shape index (κ1) is 14.4. The molecule has 0 aliphatic heterocycles. The molecule has 1 aliphatic rings. The van der Waals surface area contributed by atoms with Gasteiger partial charge in [0.25, 0.3) is 5.91 Å². The van der Waals surface area contributed by atoms with Crippen LogP contribution < -0.4 is 11.1 Å². The van der Waals surface area contributed by atoms with Crippen LogP contribution >= 0.6 is 11.8 Å². The normalized spacial score (nSPS) is 16.4. The topological polar surface area (TPSA) is 55.1 Å². The van der Waals surface area contributed by atoms with E-state index in [9.17, 15) is 4.79 Å². The van der Waals surface area contributed by atoms with Gasteiger partial charge in [-0.3, -0.25) is 4.79 Å². The molecule has 0 saturated heterocycles. The minimum atomic E-state index is -0.0107. The van der Waals surface area contributed by atoms with Crippen LogP contribution in [0.15, 0.2) is 29.2 Å². The summed E-state index contributed by atoms with van der Waals surface area (Å²) < 4.78 is 0. The molecule has 3 N–H and O–H groups in total. The second-order valence-electron chi connectivity index (χ2n) is 5.34. The van der Waals surface area contributed by atoms with Crippen molar-refractivity contribution in [2.75, 3.05) is 6.54 Å². The van der Waals surface area contributed by atoms with Gasteiger partial charge in [-0.1, -0.05) is 13.8 Å². The van der Waals surface area contributed by atoms with Gasteiger partial charge < -0.3 is 11.1 Å². The second-order valence-corrected chi connectivity index (χ2v) is 6.99. The zero-order valence-electron chi connectivity index (χ0n) is 11.6. The number of rotatable bonds is 6. The van der Waals surface area contributed by atoms with Crippen molar-refractivity contribution in [3.8, 4) is 0 Å². The number of amides is 1. The molecule has 1 saturated carbocycles. The highest BCUT2D eigenvalue weighted by Gasteiger charge is 2.31. The summed E-state index contributed by atoms with van der Waals surface area (Å²) in [5.41, 5.74) is 6.42. The Morgan fingerprint density at radius 1 is 1.37 bits per heavy atom. The lowest BCUT2D eigenvalue weighted by Gasteiger charge is -2.16. The molecule has 0 bridgehead atoms. The highest BCUT2D eigenvalue weighted by molar-refractivity contribution is 7.99. The molecule has 0 spiro atoms. The highest BCUT2D eigenvalue weighted by atomic mass is 32.2. The minimum Gasteiger partial charge on any atom is -0.348 e. The molecule has 1 aromatic rings. The Labute approximate surface area is 119 Å². The molecule has 104 valence electrons. The van der Waals surface area contributed by atoms with Crippen molar-refractivity contribution < 1.29 is 4.79 Å². The van der Waals surface area contributed by atoms with Crippen LogP contribution in [0.4, 0.5) is 0 Å². The van der Waals surface area contributed by atoms with Crippen LogP contribution in [0.25, 0.3) is 0 Å². The summed E-state index contributed by atoms with van der Waals surface area (Å²) >= 11 is 1.80. The van der Waals surface area contributed by atoms with Gasteiger partial charge in [0.05, 0.1) is 0 Å². The van der Waals surface area contributed by atoms with Gasteiger partial charge in [-0.25, -0.2) is 0 Å². The SMILES string of the molecule is CC(C)Sc1ccc(C(=O)NC(CN)C2CC2)cc1. The summed E-state index contributed by atoms with van der Waals surface area (Å²) in [5, 5.41) is 3.59. The predicted octanol–water partition coefficient (Wildman–Crippen LogP) is 2.65. The third-order valence-corrected chi connectivity index (χ3v) is 4.27. The van der Waals surface area contributed by atoms with E-state index in [4.69, 9.17) is 5.73 Å². The van der Waals surface area contributed by atoms with Crippen molar-refractivity contribution in [1.82, 2.24) is 5.32 Å². The molecule has 1 fully saturated rings. The monoisotopic (exact) mass is 278 g/mol. The summed E-state index contributed by atoms with van der Waals surface area (Å²) in [6.45, 7) is 4.84. The number of nitrogens with one attached hydrogen (secondary N) is 1. The molecule has 1 aliphatic carbocycles. The maximum Gasteiger partial charge on any atom is 0.251 e. The molecular weight excluding hydrogens is 256 g/mol. The number of nitrogens with two attached hydrogens (primary N) is 1. The average molecular weight is 278 g/mol. The van der Waals surface area contributed by atoms with Crippen molar-refractivity contribution in [2.24, 2.45) is 11.7 Å². The Balaban J connectivity index is 1.94. The molecule has 3 nitrogen and oxygen atoms in total. The minimum absolute atomic E-state index is 0.0107. The smallest absolute Gasteiger partial charge is 0.251 e. The molecule has 1 aromatic carbocycles. The lowest BCUT2D eigenvalue weighted by Crippen LogP contribution is -2.41. The third kappa shape index (κ3) is 4.25. The van der Waals surface area contributed by atoms with Crippen LogP contribution in [0.5, 0.6) is 0 Å². The number of hydrogen-bond donors (Lipinski definition) is 2. The first-order valence-electron chi connectivity index (χ1n) is 6.88. The maximum absolute atomic E-state index is 12.1. The van der Waals surface area contributed by atoms with E-state index >= 15 is 0 Å². The Kier molecular flexibility index (Phi) is 4.88. The fourth-order valence-corrected chi connectivity index (χ4v) is 2.91. The van der Waals surface area contributed by atoms with Gasteiger partial charge in [0.2, 0.25) is 0 Å². The number of thioether (sulfide) groups is 1. The van der Waals surface area contributed by atoms with Crippen LogP contribution in [-0.2, 0) is 0 Å². The molecular formula is C15H22N2OS. The molecule has 19 heavy (non-hydrogen) atoms. The summed E-state index contributed by atoms with van der Waals surface area (Å²) in [7, 11) is 0. The van der Waals surface area contributed by atoms with Gasteiger partial charge in [-0.05, 0) is 43.0 Å². The van der Waals surface area contributed by atoms with Crippen LogP contribution in [0, 0.1) is 5.92 Å². The average Bonchev–Trinajstić information content (AvgIpc) is 3.20. The fraction of sp³-hybridized carbons (Fsp3) is 0.533. The molecule has 0 aromatic heterocycles. The summed E-state index contributed by atoms with van der Waals surface area (Å²) in [5.74, 6) is 0.577. The largest absolute Gasteiger partial charge is 0.348 e. The Bertz CT molecular complexity index is 426. The van der Waals surface area contributed by atoms with Gasteiger partial charge in [0, 0.05) is 28.3 Å². The summed E-state index contributed by atoms with van der Waals surface area (Å²) in [6, 6.07) is 7.93. The molecule has 0 heterocycles. The molecule has 1 unspecified atom stereocenters. The molecule has 0 radical (unpaired) electrons. The van der Waals surface area contributed by atoms with Crippen LogP contribution in [0.3, 0.4) is 0 Å². The van der Waals surface area contributed by atoms with Gasteiger partial charge in [0.1, 0.15) is 0 Å². The van der Waals surface area contributed by atoms with Crippen molar-refractivity contribution >= 4 is 17.7 Å². The Morgan fingerprint density at radius 3 is 2.47 bits per heavy atom. The number of hydrogen-bond acceptors (Lipinski definition) is 3. The van der Waals surface area contributed by atoms with Gasteiger partial charge >= 0.3 is 0 Å². The van der Waals surface area contributed by atoms with E-state index in [1.54, 1.807) is 11.8 Å². The fourth-order valence-electron chi connectivity index (χ4n) is 2.08. The lowest BCUT2D eigenvalue weighted by molar-refractivity contribution is 0.0933. The predicted molar refractivity (Wildman–Crippen MR) is 80.5 cm³/mol. The number of carbonyl (C=O) groups excluding carboxylic acids is 1. The zero-order chi connectivity index (χ0) is 13.8. The van der Waals surface area contributed by atoms with Crippen LogP contribution in [0.2, 0.25) is 0 Å². The van der Waals surface area contributed by atoms with Gasteiger partial charge in [0.15, 0.2) is 0 Å². The quantitative estimate of drug-likeness (QED) is 0.787. The molecule has 2 rings (SSSR count). The first-order valence-corrected chi connectivity index (χ1v) is 7.75. The first-order chi connectivity index (χ1) is 9.10. The van der Waals surface area contributed by atoms with E-state index < -0.39 is 0 Å². The lowest BCUT2D eigenvalue weighted by atomic mass is 10.1. The standard InChI is InChI=1S/C15H22N2OS/c1-10(2)19-13-7-5-12(6-8-13)15(18)17-14(9-16)11-3-4-11/h5-8,10-11,14H,3-4,9,16H2,1-2H3,(H,17,18). The molecule has 4 heteroatoms. The zero-order valence-corrected chi connectivity index (χ0v) is 12.4.